The van der Waals surface area contributed by atoms with Gasteiger partial charge in [-0.1, -0.05) is 0 Å². The molecule has 19 N–H and O–H groups in total. The Morgan fingerprint density at radius 1 is 0.395 bits per heavy atom. The van der Waals surface area contributed by atoms with E-state index in [0.717, 1.165) is 0 Å². The Labute approximate surface area is 417 Å². The number of aliphatic hydroxyl groups is 4. The Morgan fingerprint density at radius 3 is 1.32 bits per heavy atom. The number of phenols is 15. The van der Waals surface area contributed by atoms with E-state index in [0.29, 0.717) is 6.07 Å². The van der Waals surface area contributed by atoms with Crippen LogP contribution in [-0.2, 0) is 28.4 Å². The van der Waals surface area contributed by atoms with Gasteiger partial charge in [0.25, 0.3) is 0 Å². The second-order valence-corrected chi connectivity index (χ2v) is 17.6. The zero-order valence-electron chi connectivity index (χ0n) is 37.3. The monoisotopic (exact) mass is 1070 g/mol. The van der Waals surface area contributed by atoms with Gasteiger partial charge in [-0.15, -0.1) is 0 Å². The van der Waals surface area contributed by atoms with Crippen LogP contribution in [0.15, 0.2) is 18.2 Å². The predicted octanol–water partition coefficient (Wildman–Crippen LogP) is -0.830. The molecule has 6 heterocycles. The average molecular weight is 1070 g/mol. The molecular weight excluding hydrogens is 1030 g/mol. The number of rotatable bonds is 1. The SMILES string of the molecule is O=C1OC[C@H]2OC(=O)c3cc(O)c(O)c(O)c3-c3c(O)c(O)c(O)c4c3C(=O)O[C@@H]([C@@H]2OC(=O)c2cc(O)c(O)c(O)c2-c2c1cc(O)c(O)c2O)[C@@H]1OC(=O)c2c-4c(O)c(O)c(O)c2[C@@H]1[C@]1(O)OC[C@@H](O)[C@H](O)[C@@H]1O. The van der Waals surface area contributed by atoms with Gasteiger partial charge in [-0.3, -0.25) is 0 Å². The van der Waals surface area contributed by atoms with Crippen LogP contribution in [-0.4, -0.2) is 189 Å². The average Bonchev–Trinajstić information content (AvgIpc) is 3.53. The van der Waals surface area contributed by atoms with E-state index in [2.05, 4.69) is 0 Å². The summed E-state index contributed by atoms with van der Waals surface area (Å²) in [6.07, 6.45) is -19.3. The van der Waals surface area contributed by atoms with Crippen molar-refractivity contribution in [1.29, 1.82) is 0 Å². The molecule has 11 rings (SSSR count). The number of carbonyl (C=O) groups is 5. The summed E-state index contributed by atoms with van der Waals surface area (Å²) in [4.78, 5) is 74.4. The Kier molecular flexibility index (Phi) is 10.9. The third-order valence-electron chi connectivity index (χ3n) is 13.6. The first-order valence-electron chi connectivity index (χ1n) is 21.5. The van der Waals surface area contributed by atoms with Gasteiger partial charge in [-0.05, 0) is 18.2 Å². The Hall–Kier alpha value is -9.75. The highest BCUT2D eigenvalue weighted by Crippen LogP contribution is 2.63. The number of aromatic hydroxyl groups is 15. The van der Waals surface area contributed by atoms with Crippen LogP contribution in [0.1, 0.15) is 63.3 Å². The minimum atomic E-state index is -3.72. The summed E-state index contributed by atoms with van der Waals surface area (Å²) in [5.41, 5.74) is -16.3. The maximum Gasteiger partial charge on any atom is 0.340 e. The first-order valence-corrected chi connectivity index (χ1v) is 21.5. The second-order valence-electron chi connectivity index (χ2n) is 17.6. The summed E-state index contributed by atoms with van der Waals surface area (Å²) < 4.78 is 34.0. The fraction of sp³-hybridized carbons (Fsp3) is 0.239. The van der Waals surface area contributed by atoms with Gasteiger partial charge < -0.3 is 125 Å². The zero-order valence-corrected chi connectivity index (χ0v) is 37.3. The lowest BCUT2D eigenvalue weighted by atomic mass is 9.71. The van der Waals surface area contributed by atoms with E-state index in [-0.39, 0.29) is 12.1 Å². The summed E-state index contributed by atoms with van der Waals surface area (Å²) in [7, 11) is 0. The largest absolute Gasteiger partial charge is 0.504 e. The highest BCUT2D eigenvalue weighted by Gasteiger charge is 2.65. The molecule has 0 unspecified atom stereocenters. The van der Waals surface area contributed by atoms with Gasteiger partial charge in [0.2, 0.25) is 34.5 Å². The normalized spacial score (nSPS) is 25.7. The van der Waals surface area contributed by atoms with Crippen LogP contribution in [0.4, 0.5) is 0 Å². The Morgan fingerprint density at radius 2 is 0.789 bits per heavy atom. The molecule has 5 aromatic rings. The summed E-state index contributed by atoms with van der Waals surface area (Å²) in [5.74, 6) is -40.7. The van der Waals surface area contributed by atoms with Gasteiger partial charge in [-0.25, -0.2) is 24.0 Å². The van der Waals surface area contributed by atoms with Crippen LogP contribution < -0.4 is 0 Å². The van der Waals surface area contributed by atoms with Crippen molar-refractivity contribution in [3.63, 3.8) is 0 Å². The van der Waals surface area contributed by atoms with Crippen LogP contribution in [0.25, 0.3) is 33.4 Å². The first-order chi connectivity index (χ1) is 35.7. The minimum Gasteiger partial charge on any atom is -0.504 e. The molecule has 398 valence electrons. The Balaban J connectivity index is 1.39. The molecule has 76 heavy (non-hydrogen) atoms. The van der Waals surface area contributed by atoms with Crippen LogP contribution in [0.3, 0.4) is 0 Å². The maximum atomic E-state index is 15.5. The van der Waals surface area contributed by atoms with Gasteiger partial charge >= 0.3 is 29.8 Å². The van der Waals surface area contributed by atoms with Crippen molar-refractivity contribution in [2.24, 2.45) is 0 Å². The van der Waals surface area contributed by atoms with Crippen molar-refractivity contribution in [1.82, 2.24) is 0 Å². The molecule has 1 fully saturated rings. The molecule has 9 atom stereocenters. The van der Waals surface area contributed by atoms with Crippen LogP contribution >= 0.6 is 0 Å². The van der Waals surface area contributed by atoms with E-state index in [1.165, 1.54) is 0 Å². The molecule has 6 aliphatic heterocycles. The highest BCUT2D eigenvalue weighted by atomic mass is 16.7. The predicted molar refractivity (Wildman–Crippen MR) is 233 cm³/mol. The molecule has 1 saturated heterocycles. The number of aliphatic hydroxyl groups excluding tert-OH is 3. The molecule has 30 nitrogen and oxygen atoms in total. The van der Waals surface area contributed by atoms with E-state index < -0.39 is 250 Å². The van der Waals surface area contributed by atoms with Gasteiger partial charge in [-0.2, -0.15) is 0 Å². The van der Waals surface area contributed by atoms with E-state index >= 15 is 9.59 Å². The van der Waals surface area contributed by atoms with Crippen LogP contribution in [0.2, 0.25) is 0 Å². The summed E-state index contributed by atoms with van der Waals surface area (Å²) in [6, 6.07) is 0.916. The summed E-state index contributed by atoms with van der Waals surface area (Å²) in [6.45, 7) is -2.84. The van der Waals surface area contributed by atoms with Gasteiger partial charge in [0, 0.05) is 38.9 Å². The zero-order chi connectivity index (χ0) is 55.4. The molecule has 6 aliphatic rings. The van der Waals surface area contributed by atoms with Crippen molar-refractivity contribution < 1.29 is 149 Å². The first kappa shape index (κ1) is 49.8. The molecule has 6 bridgehead atoms. The summed E-state index contributed by atoms with van der Waals surface area (Å²) in [5, 5.41) is 214. The number of carbonyl (C=O) groups excluding carboxylic acids is 5. The molecule has 0 radical (unpaired) electrons. The topological polar surface area (TPSA) is 525 Å². The molecule has 0 amide bonds. The third kappa shape index (κ3) is 6.61. The lowest BCUT2D eigenvalue weighted by Gasteiger charge is -2.51. The lowest BCUT2D eigenvalue weighted by Crippen LogP contribution is -2.68. The number of esters is 5. The van der Waals surface area contributed by atoms with E-state index in [4.69, 9.17) is 28.4 Å². The fourth-order valence-corrected chi connectivity index (χ4v) is 9.99. The maximum absolute atomic E-state index is 15.5. The molecule has 30 heteroatoms. The highest BCUT2D eigenvalue weighted by molar-refractivity contribution is 6.16. The van der Waals surface area contributed by atoms with Crippen molar-refractivity contribution in [3.05, 3.63) is 51.6 Å². The third-order valence-corrected chi connectivity index (χ3v) is 13.6. The van der Waals surface area contributed by atoms with Crippen molar-refractivity contribution in [2.75, 3.05) is 13.2 Å². The van der Waals surface area contributed by atoms with E-state index in [9.17, 15) is 111 Å². The van der Waals surface area contributed by atoms with Gasteiger partial charge in [0.15, 0.2) is 81.9 Å². The number of hydrogen-bond donors (Lipinski definition) is 19. The van der Waals surface area contributed by atoms with E-state index in [1.807, 2.05) is 0 Å². The van der Waals surface area contributed by atoms with Gasteiger partial charge in [0.05, 0.1) is 40.3 Å². The smallest absolute Gasteiger partial charge is 0.340 e. The van der Waals surface area contributed by atoms with Crippen molar-refractivity contribution >= 4 is 29.8 Å². The van der Waals surface area contributed by atoms with Crippen molar-refractivity contribution in [2.45, 2.75) is 54.4 Å². The molecule has 0 spiro atoms. The number of hydrogen-bond acceptors (Lipinski definition) is 30. The minimum absolute atomic E-state index is 0.271. The molecular formula is C46H34O30. The van der Waals surface area contributed by atoms with Crippen molar-refractivity contribution in [3.8, 4) is 120 Å². The standard InChI is InChI=1S/C46H34O30/c47-9-1-6-14(28(55)24(9)51)15-7(2-10(48)25(52)29(15)56)43(67)74-37-13(5-71-41(6)65)73-42(66)8-3-11(49)26(53)30(57)16(8)17-20-18(32(59)35(62)31(17)58)19-21-22(34(61)36(63)33(19)60)23(38(75-45(21)69)39(37)76-44(20)68)46(70)40(64)27(54)12(50)4-72-46/h1-3,12-13,23,27,37-40,47-64,70H,4-5H2/t12-,13-,23+,27+,37-,38-,39+,40+,46+/m1/s1. The molecule has 0 aromatic heterocycles. The van der Waals surface area contributed by atoms with Crippen LogP contribution in [0.5, 0.6) is 86.2 Å². The number of ether oxygens (including phenoxy) is 6. The number of cyclic esters (lactones) is 1. The molecule has 0 aliphatic carbocycles. The quantitative estimate of drug-likeness (QED) is 0.0553. The van der Waals surface area contributed by atoms with Crippen LogP contribution in [0, 0.1) is 0 Å². The number of phenolic OH excluding ortho intramolecular Hbond substituents is 15. The summed E-state index contributed by atoms with van der Waals surface area (Å²) >= 11 is 0. The molecule has 5 aromatic carbocycles. The van der Waals surface area contributed by atoms with Gasteiger partial charge in [0.1, 0.15) is 24.9 Å². The molecule has 0 saturated carbocycles. The van der Waals surface area contributed by atoms with E-state index in [1.54, 1.807) is 0 Å². The lowest BCUT2D eigenvalue weighted by molar-refractivity contribution is -0.341. The Bertz CT molecular complexity index is 3510. The number of fused-ring (bicyclic) bond motifs is 7. The fourth-order valence-electron chi connectivity index (χ4n) is 9.99. The number of benzene rings is 5. The second kappa shape index (κ2) is 16.6.